The van der Waals surface area contributed by atoms with Gasteiger partial charge in [0.05, 0.1) is 11.0 Å². The number of aromatic nitrogens is 2. The summed E-state index contributed by atoms with van der Waals surface area (Å²) in [6.07, 6.45) is 8.72. The number of likely N-dealkylation sites (tertiary alicyclic amines) is 4. The van der Waals surface area contributed by atoms with Crippen molar-refractivity contribution in [3.05, 3.63) is 168 Å². The first-order chi connectivity index (χ1) is 41.9. The Morgan fingerprint density at radius 1 is 0.453 bits per heavy atom. The molecule has 86 heavy (non-hydrogen) atoms. The van der Waals surface area contributed by atoms with Gasteiger partial charge in [-0.3, -0.25) is 19.4 Å². The Morgan fingerprint density at radius 3 is 1.22 bits per heavy atom. The zero-order valence-corrected chi connectivity index (χ0v) is 50.4. The molecule has 14 nitrogen and oxygen atoms in total. The summed E-state index contributed by atoms with van der Waals surface area (Å²) in [7, 11) is 0. The number of nitrogens with zero attached hydrogens (tertiary/aromatic N) is 6. The molecule has 6 heterocycles. The fourth-order valence-corrected chi connectivity index (χ4v) is 13.9. The lowest BCUT2D eigenvalue weighted by molar-refractivity contribution is -0.148. The molecule has 4 saturated heterocycles. The third kappa shape index (κ3) is 13.1. The van der Waals surface area contributed by atoms with Crippen molar-refractivity contribution in [3.63, 3.8) is 0 Å². The van der Waals surface area contributed by atoms with Crippen molar-refractivity contribution in [2.45, 2.75) is 115 Å². The Labute approximate surface area is 505 Å². The smallest absolute Gasteiger partial charge is 0.331 e. The molecule has 2 atom stereocenters. The molecular weight excluding hydrogens is 1080 g/mol. The predicted octanol–water partition coefficient (Wildman–Crippen LogP) is 13.1. The van der Waals surface area contributed by atoms with Crippen molar-refractivity contribution in [1.29, 1.82) is 0 Å². The Balaban J connectivity index is 0.756. The second-order valence-corrected chi connectivity index (χ2v) is 24.8. The van der Waals surface area contributed by atoms with Crippen LogP contribution in [0.2, 0.25) is 0 Å². The van der Waals surface area contributed by atoms with Crippen LogP contribution in [0, 0.1) is 0 Å². The van der Waals surface area contributed by atoms with Gasteiger partial charge in [0.1, 0.15) is 48.3 Å². The summed E-state index contributed by atoms with van der Waals surface area (Å²) in [6.45, 7) is 15.5. The highest BCUT2D eigenvalue weighted by Gasteiger charge is 2.31. The number of fused-ring (bicyclic) bond motifs is 4. The number of rotatable bonds is 20. The molecule has 2 aromatic heterocycles. The maximum Gasteiger partial charge on any atom is 0.331 e. The van der Waals surface area contributed by atoms with Crippen LogP contribution in [0.15, 0.2) is 146 Å². The van der Waals surface area contributed by atoms with Gasteiger partial charge >= 0.3 is 11.9 Å². The highest BCUT2D eigenvalue weighted by atomic mass is 16.6. The van der Waals surface area contributed by atoms with Crippen LogP contribution in [-0.4, -0.2) is 143 Å². The Bertz CT molecular complexity index is 3510. The molecular formula is C72H82N6O8. The summed E-state index contributed by atoms with van der Waals surface area (Å²) in [5.74, 6) is 0.682. The van der Waals surface area contributed by atoms with E-state index in [0.717, 1.165) is 138 Å². The quantitative estimate of drug-likeness (QED) is 0.0537. The van der Waals surface area contributed by atoms with Crippen LogP contribution in [-0.2, 0) is 19.1 Å². The molecule has 2 amide bonds. The van der Waals surface area contributed by atoms with Crippen molar-refractivity contribution < 1.29 is 38.1 Å². The van der Waals surface area contributed by atoms with E-state index in [1.165, 1.54) is 32.7 Å². The lowest BCUT2D eigenvalue weighted by Crippen LogP contribution is -2.42. The van der Waals surface area contributed by atoms with Gasteiger partial charge in [-0.25, -0.2) is 9.59 Å². The lowest BCUT2D eigenvalue weighted by atomic mass is 9.88. The number of benzene rings is 6. The van der Waals surface area contributed by atoms with Gasteiger partial charge in [0.25, 0.3) is 11.8 Å². The van der Waals surface area contributed by atoms with E-state index in [0.29, 0.717) is 47.8 Å². The Hall–Kier alpha value is -7.94. The van der Waals surface area contributed by atoms with E-state index in [4.69, 9.17) is 18.9 Å². The molecule has 0 bridgehead atoms. The number of hydrogen-bond donors (Lipinski definition) is 0. The average molecular weight is 1160 g/mol. The molecule has 6 aromatic carbocycles. The van der Waals surface area contributed by atoms with Crippen molar-refractivity contribution in [1.82, 2.24) is 28.7 Å². The molecule has 0 aliphatic carbocycles. The minimum atomic E-state index is -0.702. The molecule has 2 unspecified atom stereocenters. The van der Waals surface area contributed by atoms with E-state index >= 15 is 0 Å². The summed E-state index contributed by atoms with van der Waals surface area (Å²) >= 11 is 0. The molecule has 448 valence electrons. The van der Waals surface area contributed by atoms with Gasteiger partial charge in [-0.05, 0) is 186 Å². The topological polar surface area (TPSA) is 128 Å². The molecule has 0 saturated carbocycles. The van der Waals surface area contributed by atoms with Crippen molar-refractivity contribution in [2.75, 3.05) is 78.7 Å². The van der Waals surface area contributed by atoms with Gasteiger partial charge in [0.2, 0.25) is 0 Å². The van der Waals surface area contributed by atoms with E-state index in [2.05, 4.69) is 132 Å². The summed E-state index contributed by atoms with van der Waals surface area (Å²) in [6, 6.07) is 46.2. The van der Waals surface area contributed by atoms with E-state index in [1.807, 2.05) is 58.3 Å². The predicted molar refractivity (Wildman–Crippen MR) is 340 cm³/mol. The maximum atomic E-state index is 14.1. The van der Waals surface area contributed by atoms with Crippen molar-refractivity contribution >= 4 is 67.1 Å². The van der Waals surface area contributed by atoms with E-state index in [1.54, 1.807) is 0 Å². The molecule has 0 N–H and O–H groups in total. The monoisotopic (exact) mass is 1160 g/mol. The highest BCUT2D eigenvalue weighted by Crippen LogP contribution is 2.37. The fraction of sp³-hybridized carbons (Fsp3) is 0.417. The first-order valence-corrected chi connectivity index (χ1v) is 31.5. The van der Waals surface area contributed by atoms with Crippen LogP contribution >= 0.6 is 0 Å². The second-order valence-electron chi connectivity index (χ2n) is 24.8. The molecule has 4 aliphatic heterocycles. The first kappa shape index (κ1) is 58.4. The van der Waals surface area contributed by atoms with Crippen LogP contribution in [0.3, 0.4) is 0 Å². The van der Waals surface area contributed by atoms with E-state index < -0.39 is 24.1 Å². The average Bonchev–Trinajstić information content (AvgIpc) is 2.15. The molecule has 8 aromatic rings. The van der Waals surface area contributed by atoms with Crippen LogP contribution in [0.1, 0.15) is 135 Å². The van der Waals surface area contributed by atoms with E-state index in [-0.39, 0.29) is 37.1 Å². The minimum Gasteiger partial charge on any atom is -0.489 e. The largest absolute Gasteiger partial charge is 0.489 e. The van der Waals surface area contributed by atoms with Crippen LogP contribution in [0.5, 0.6) is 11.5 Å². The molecule has 4 fully saturated rings. The van der Waals surface area contributed by atoms with Gasteiger partial charge in [0, 0.05) is 74.3 Å². The number of amides is 2. The number of piperidine rings is 2. The fourth-order valence-electron chi connectivity index (χ4n) is 13.9. The van der Waals surface area contributed by atoms with Crippen molar-refractivity contribution in [3.8, 4) is 11.5 Å². The lowest BCUT2D eigenvalue weighted by Gasteiger charge is -2.34. The molecule has 12 rings (SSSR count). The Morgan fingerprint density at radius 2 is 0.837 bits per heavy atom. The first-order valence-electron chi connectivity index (χ1n) is 31.5. The number of hydrogen-bond acceptors (Lipinski definition) is 10. The Kier molecular flexibility index (Phi) is 17.9. The number of carbonyl (C=O) groups is 4. The highest BCUT2D eigenvalue weighted by molar-refractivity contribution is 6.02. The normalized spacial score (nSPS) is 17.5. The standard InChI is InChI=1S/C72H82N6O8/c1-49(2)77-63-19-13-21-67(61(63)43-65(77)71(81)75-33-9-10-34-75)83-47-59(45-73-37-29-53(30-38-73)57-25-23-51-15-5-7-17-55(51)41-57)85-69(79)27-28-70(80)86-60(46-74-39-31-54(32-40-74)58-26-24-52-16-6-8-18-56(52)42-58)48-84-68-22-14-20-64-62(68)44-66(78(64)50(3)4)72(82)76-35-11-12-36-76/h5-8,13-28,41-44,49-50,53-54,59-60H,9-12,29-40,45-48H2,1-4H3/b28-27-. The van der Waals surface area contributed by atoms with Crippen LogP contribution in [0.4, 0.5) is 0 Å². The third-order valence-electron chi connectivity index (χ3n) is 18.3. The molecule has 14 heteroatoms. The summed E-state index contributed by atoms with van der Waals surface area (Å²) in [4.78, 5) is 64.5. The zero-order valence-electron chi connectivity index (χ0n) is 50.4. The molecule has 0 spiro atoms. The maximum absolute atomic E-state index is 14.1. The number of ether oxygens (including phenoxy) is 4. The van der Waals surface area contributed by atoms with E-state index in [9.17, 15) is 19.2 Å². The molecule has 0 radical (unpaired) electrons. The zero-order chi connectivity index (χ0) is 59.3. The van der Waals surface area contributed by atoms with Crippen molar-refractivity contribution in [2.24, 2.45) is 0 Å². The molecule has 4 aliphatic rings. The van der Waals surface area contributed by atoms with Gasteiger partial charge in [0.15, 0.2) is 0 Å². The summed E-state index contributed by atoms with van der Waals surface area (Å²) in [5.41, 5.74) is 5.75. The number of esters is 2. The summed E-state index contributed by atoms with van der Waals surface area (Å²) in [5, 5.41) is 6.59. The second kappa shape index (κ2) is 26.4. The van der Waals surface area contributed by atoms with Gasteiger partial charge < -0.3 is 37.9 Å². The van der Waals surface area contributed by atoms with Crippen LogP contribution in [0.25, 0.3) is 43.4 Å². The summed E-state index contributed by atoms with van der Waals surface area (Å²) < 4.78 is 30.0. The van der Waals surface area contributed by atoms with Gasteiger partial charge in [-0.15, -0.1) is 0 Å². The SMILES string of the molecule is CC(C)n1c(C(=O)N2CCCC2)cc2c(OCC(CN3CCC(c4ccc5ccccc5c4)CC3)OC(=O)/C=C\C(=O)OC(COc3cccc4c3cc(C(=O)N3CCCC3)n4C(C)C)CN3CCC(c4ccc5ccccc5c4)CC3)cccc21. The third-order valence-corrected chi connectivity index (χ3v) is 18.3. The minimum absolute atomic E-state index is 0.0225. The van der Waals surface area contributed by atoms with Gasteiger partial charge in [-0.1, -0.05) is 97.1 Å². The number of carbonyl (C=O) groups excluding carboxylic acids is 4. The van der Waals surface area contributed by atoms with Crippen LogP contribution < -0.4 is 9.47 Å². The van der Waals surface area contributed by atoms with Gasteiger partial charge in [-0.2, -0.15) is 0 Å².